The molecule has 1 heterocycles. The normalized spacial score (nSPS) is 17.3. The molecule has 0 saturated heterocycles. The van der Waals surface area contributed by atoms with Crippen LogP contribution < -0.4 is 0 Å². The van der Waals surface area contributed by atoms with Crippen LogP contribution >= 0.6 is 0 Å². The third-order valence-electron chi connectivity index (χ3n) is 3.68. The number of H-pyrrole nitrogens is 1. The number of carbonyl (C=O) groups is 1. The molecule has 1 N–H and O–H groups in total. The van der Waals surface area contributed by atoms with E-state index in [1.807, 2.05) is 6.92 Å². The van der Waals surface area contributed by atoms with E-state index in [4.69, 9.17) is 4.74 Å². The van der Waals surface area contributed by atoms with Gasteiger partial charge in [-0.1, -0.05) is 38.3 Å². The van der Waals surface area contributed by atoms with Crippen molar-refractivity contribution in [3.05, 3.63) is 29.1 Å². The number of aromatic nitrogens is 1. The van der Waals surface area contributed by atoms with E-state index in [1.165, 1.54) is 31.4 Å². The Balaban J connectivity index is 2.02. The van der Waals surface area contributed by atoms with Crippen LogP contribution in [0, 0.1) is 5.92 Å². The largest absolute Gasteiger partial charge is 0.462 e. The van der Waals surface area contributed by atoms with Crippen molar-refractivity contribution in [2.75, 3.05) is 6.61 Å². The quantitative estimate of drug-likeness (QED) is 0.622. The number of esters is 1. The molecule has 3 nitrogen and oxygen atoms in total. The van der Waals surface area contributed by atoms with E-state index in [-0.39, 0.29) is 5.97 Å². The summed E-state index contributed by atoms with van der Waals surface area (Å²) in [6, 6.07) is 0. The topological polar surface area (TPSA) is 42.1 Å². The summed E-state index contributed by atoms with van der Waals surface area (Å²) < 4.78 is 5.07. The lowest BCUT2D eigenvalue weighted by molar-refractivity contribution is 0.0526. The first-order chi connectivity index (χ1) is 9.26. The minimum absolute atomic E-state index is 0.228. The zero-order valence-corrected chi connectivity index (χ0v) is 11.9. The van der Waals surface area contributed by atoms with E-state index >= 15 is 0 Å². The van der Waals surface area contributed by atoms with Crippen LogP contribution in [0.3, 0.4) is 0 Å². The van der Waals surface area contributed by atoms with Crippen molar-refractivity contribution in [3.63, 3.8) is 0 Å². The Bertz CT molecular complexity index is 459. The van der Waals surface area contributed by atoms with Crippen LogP contribution in [-0.4, -0.2) is 17.6 Å². The summed E-state index contributed by atoms with van der Waals surface area (Å²) in [5.41, 5.74) is 2.86. The van der Waals surface area contributed by atoms with Gasteiger partial charge in [0.05, 0.1) is 12.2 Å². The maximum Gasteiger partial charge on any atom is 0.340 e. The van der Waals surface area contributed by atoms with Gasteiger partial charge < -0.3 is 9.72 Å². The van der Waals surface area contributed by atoms with E-state index in [0.717, 1.165) is 12.0 Å². The first-order valence-electron chi connectivity index (χ1n) is 7.31. The van der Waals surface area contributed by atoms with Crippen LogP contribution in [0.4, 0.5) is 0 Å². The highest BCUT2D eigenvalue weighted by Gasteiger charge is 2.21. The number of carbonyl (C=O) groups excluding carboxylic acids is 1. The molecule has 0 bridgehead atoms. The number of hydrogen-bond donors (Lipinski definition) is 1. The minimum Gasteiger partial charge on any atom is -0.462 e. The fourth-order valence-electron chi connectivity index (χ4n) is 2.63. The number of fused-ring (bicyclic) bond motifs is 1. The van der Waals surface area contributed by atoms with Crippen molar-refractivity contribution in [2.24, 2.45) is 5.92 Å². The Morgan fingerprint density at radius 2 is 2.26 bits per heavy atom. The number of allylic oxidation sites excluding steroid dienone is 1. The third kappa shape index (κ3) is 3.28. The van der Waals surface area contributed by atoms with Gasteiger partial charge in [0.15, 0.2) is 0 Å². The molecule has 0 spiro atoms. The molecule has 1 aromatic rings. The van der Waals surface area contributed by atoms with Gasteiger partial charge in [-0.15, -0.1) is 0 Å². The summed E-state index contributed by atoms with van der Waals surface area (Å²) in [6.45, 7) is 4.48. The smallest absolute Gasteiger partial charge is 0.340 e. The Kier molecular flexibility index (Phi) is 4.83. The molecule has 0 amide bonds. The molecule has 0 aromatic carbocycles. The number of ether oxygens (including phenoxy) is 1. The van der Waals surface area contributed by atoms with Crippen LogP contribution in [0.25, 0.3) is 6.08 Å². The molecule has 104 valence electrons. The van der Waals surface area contributed by atoms with Gasteiger partial charge >= 0.3 is 5.97 Å². The number of unbranched alkanes of at least 4 members (excludes halogenated alkanes) is 2. The number of rotatable bonds is 6. The second-order valence-corrected chi connectivity index (χ2v) is 5.13. The number of hydrogen-bond acceptors (Lipinski definition) is 2. The Morgan fingerprint density at radius 1 is 1.42 bits per heavy atom. The van der Waals surface area contributed by atoms with E-state index < -0.39 is 0 Å². The molecule has 0 aliphatic heterocycles. The van der Waals surface area contributed by atoms with Crippen LogP contribution in [0.15, 0.2) is 12.3 Å². The lowest BCUT2D eigenvalue weighted by Crippen LogP contribution is -2.09. The number of aromatic amines is 1. The van der Waals surface area contributed by atoms with Crippen molar-refractivity contribution in [1.29, 1.82) is 0 Å². The highest BCUT2D eigenvalue weighted by molar-refractivity contribution is 5.94. The fraction of sp³-hybridized carbons (Fsp3) is 0.562. The SMILES string of the molecule is CCCCCC1C=Cc2c(C(=O)OCC)c[nH]c2C1. The maximum absolute atomic E-state index is 11.8. The van der Waals surface area contributed by atoms with Crippen LogP contribution in [0.1, 0.15) is 61.1 Å². The highest BCUT2D eigenvalue weighted by Crippen LogP contribution is 2.28. The maximum atomic E-state index is 11.8. The van der Waals surface area contributed by atoms with Crippen LogP contribution in [-0.2, 0) is 11.2 Å². The van der Waals surface area contributed by atoms with Crippen molar-refractivity contribution < 1.29 is 9.53 Å². The average molecular weight is 261 g/mol. The summed E-state index contributed by atoms with van der Waals surface area (Å²) in [4.78, 5) is 15.0. The van der Waals surface area contributed by atoms with Crippen LogP contribution in [0.5, 0.6) is 0 Å². The van der Waals surface area contributed by atoms with Gasteiger partial charge in [-0.05, 0) is 25.7 Å². The Labute approximate surface area is 115 Å². The average Bonchev–Trinajstić information content (AvgIpc) is 2.82. The van der Waals surface area contributed by atoms with Crippen molar-refractivity contribution in [3.8, 4) is 0 Å². The Morgan fingerprint density at radius 3 is 3.00 bits per heavy atom. The van der Waals surface area contributed by atoms with E-state index in [1.54, 1.807) is 6.20 Å². The lowest BCUT2D eigenvalue weighted by atomic mass is 9.89. The zero-order chi connectivity index (χ0) is 13.7. The predicted octanol–water partition coefficient (Wildman–Crippen LogP) is 3.96. The lowest BCUT2D eigenvalue weighted by Gasteiger charge is -2.17. The van der Waals surface area contributed by atoms with Gasteiger partial charge in [-0.2, -0.15) is 0 Å². The molecule has 19 heavy (non-hydrogen) atoms. The van der Waals surface area contributed by atoms with Gasteiger partial charge in [0.1, 0.15) is 0 Å². The summed E-state index contributed by atoms with van der Waals surface area (Å²) >= 11 is 0. The van der Waals surface area contributed by atoms with Gasteiger partial charge in [-0.25, -0.2) is 4.79 Å². The first-order valence-corrected chi connectivity index (χ1v) is 7.31. The number of nitrogens with one attached hydrogen (secondary N) is 1. The summed E-state index contributed by atoms with van der Waals surface area (Å²) in [6.07, 6.45) is 12.2. The molecule has 0 fully saturated rings. The molecule has 1 aliphatic rings. The van der Waals surface area contributed by atoms with Gasteiger partial charge in [-0.3, -0.25) is 0 Å². The molecular formula is C16H23NO2. The predicted molar refractivity (Wildman–Crippen MR) is 77.1 cm³/mol. The van der Waals surface area contributed by atoms with Gasteiger partial charge in [0.25, 0.3) is 0 Å². The molecule has 1 unspecified atom stereocenters. The van der Waals surface area contributed by atoms with E-state index in [2.05, 4.69) is 24.1 Å². The molecule has 0 saturated carbocycles. The summed E-state index contributed by atoms with van der Waals surface area (Å²) in [5, 5.41) is 0. The molecule has 1 atom stereocenters. The molecule has 3 heteroatoms. The Hall–Kier alpha value is -1.51. The summed E-state index contributed by atoms with van der Waals surface area (Å²) in [5.74, 6) is 0.377. The summed E-state index contributed by atoms with van der Waals surface area (Å²) in [7, 11) is 0. The minimum atomic E-state index is -0.228. The third-order valence-corrected chi connectivity index (χ3v) is 3.68. The molecule has 1 aromatic heterocycles. The molecular weight excluding hydrogens is 238 g/mol. The molecule has 2 rings (SSSR count). The van der Waals surface area contributed by atoms with Crippen molar-refractivity contribution in [1.82, 2.24) is 4.98 Å². The molecule has 0 radical (unpaired) electrons. The van der Waals surface area contributed by atoms with Crippen LogP contribution in [0.2, 0.25) is 0 Å². The first kappa shape index (κ1) is 13.9. The second-order valence-electron chi connectivity index (χ2n) is 5.13. The van der Waals surface area contributed by atoms with E-state index in [0.29, 0.717) is 18.1 Å². The highest BCUT2D eigenvalue weighted by atomic mass is 16.5. The van der Waals surface area contributed by atoms with Gasteiger partial charge in [0, 0.05) is 17.5 Å². The fourth-order valence-corrected chi connectivity index (χ4v) is 2.63. The van der Waals surface area contributed by atoms with E-state index in [9.17, 15) is 4.79 Å². The second kappa shape index (κ2) is 6.60. The monoisotopic (exact) mass is 261 g/mol. The van der Waals surface area contributed by atoms with Gasteiger partial charge in [0.2, 0.25) is 0 Å². The zero-order valence-electron chi connectivity index (χ0n) is 11.9. The van der Waals surface area contributed by atoms with Crippen molar-refractivity contribution >= 4 is 12.0 Å². The van der Waals surface area contributed by atoms with Crippen molar-refractivity contribution in [2.45, 2.75) is 46.0 Å². The molecule has 1 aliphatic carbocycles. The standard InChI is InChI=1S/C16H23NO2/c1-3-5-6-7-12-8-9-13-14(16(18)19-4-2)11-17-15(13)10-12/h8-9,11-12,17H,3-7,10H2,1-2H3.